The quantitative estimate of drug-likeness (QED) is 0.737. The van der Waals surface area contributed by atoms with Crippen molar-refractivity contribution in [2.45, 2.75) is 33.2 Å². The van der Waals surface area contributed by atoms with E-state index in [4.69, 9.17) is 0 Å². The lowest BCUT2D eigenvalue weighted by molar-refractivity contribution is -0.117. The number of Topliss-reactive ketones (excluding diaryl/α,β-unsaturated/α-hetero) is 1. The maximum atomic E-state index is 12.9. The monoisotopic (exact) mass is 388 g/mol. The number of nitrogens with one attached hydrogen (secondary N) is 1. The van der Waals surface area contributed by atoms with E-state index in [9.17, 15) is 18.0 Å². The van der Waals surface area contributed by atoms with Crippen LogP contribution in [-0.2, 0) is 14.8 Å². The van der Waals surface area contributed by atoms with Gasteiger partial charge in [-0.25, -0.2) is 8.42 Å². The average Bonchev–Trinajstić information content (AvgIpc) is 2.58. The van der Waals surface area contributed by atoms with Gasteiger partial charge in [-0.15, -0.1) is 0 Å². The number of hydrogen-bond donors (Lipinski definition) is 1. The molecule has 1 atom stereocenters. The minimum Gasteiger partial charge on any atom is -0.324 e. The highest BCUT2D eigenvalue weighted by molar-refractivity contribution is 7.92. The van der Waals surface area contributed by atoms with Crippen molar-refractivity contribution in [2.75, 3.05) is 15.9 Å². The van der Waals surface area contributed by atoms with Crippen molar-refractivity contribution in [3.05, 3.63) is 59.7 Å². The first-order valence-corrected chi connectivity index (χ1v) is 10.5. The highest BCUT2D eigenvalue weighted by Crippen LogP contribution is 2.24. The molecule has 0 aromatic heterocycles. The second-order valence-corrected chi connectivity index (χ2v) is 8.31. The van der Waals surface area contributed by atoms with E-state index in [1.54, 1.807) is 49.4 Å². The van der Waals surface area contributed by atoms with Crippen LogP contribution in [-0.4, -0.2) is 32.4 Å². The Bertz CT molecular complexity index is 954. The summed E-state index contributed by atoms with van der Waals surface area (Å²) in [6.45, 7) is 5.06. The Labute approximate surface area is 160 Å². The lowest BCUT2D eigenvalue weighted by atomic mass is 10.1. The number of carbonyl (C=O) groups excluding carboxylic acids is 2. The molecule has 0 aliphatic carbocycles. The molecular formula is C20H24N2O4S. The van der Waals surface area contributed by atoms with Crippen LogP contribution in [0.4, 0.5) is 11.4 Å². The molecule has 144 valence electrons. The predicted octanol–water partition coefficient (Wildman–Crippen LogP) is 3.38. The number of aryl methyl sites for hydroxylation is 1. The minimum absolute atomic E-state index is 0.115. The van der Waals surface area contributed by atoms with Gasteiger partial charge in [-0.2, -0.15) is 0 Å². The van der Waals surface area contributed by atoms with Crippen LogP contribution in [0.25, 0.3) is 0 Å². The Balaban J connectivity index is 2.38. The molecule has 2 rings (SSSR count). The van der Waals surface area contributed by atoms with Crippen LogP contribution in [0.5, 0.6) is 0 Å². The third kappa shape index (κ3) is 5.17. The number of anilines is 2. The summed E-state index contributed by atoms with van der Waals surface area (Å²) in [6, 6.07) is 12.7. The van der Waals surface area contributed by atoms with E-state index in [0.717, 1.165) is 16.1 Å². The number of amides is 1. The Morgan fingerprint density at radius 1 is 1.11 bits per heavy atom. The number of hydrogen-bond acceptors (Lipinski definition) is 4. The lowest BCUT2D eigenvalue weighted by Gasteiger charge is -2.30. The lowest BCUT2D eigenvalue weighted by Crippen LogP contribution is -2.47. The van der Waals surface area contributed by atoms with Gasteiger partial charge < -0.3 is 5.32 Å². The third-order valence-electron chi connectivity index (χ3n) is 4.12. The number of nitrogens with zero attached hydrogens (tertiary/aromatic N) is 1. The highest BCUT2D eigenvalue weighted by Gasteiger charge is 2.31. The second kappa shape index (κ2) is 8.35. The van der Waals surface area contributed by atoms with Crippen LogP contribution in [0.2, 0.25) is 0 Å². The van der Waals surface area contributed by atoms with Crippen molar-refractivity contribution < 1.29 is 18.0 Å². The first-order valence-electron chi connectivity index (χ1n) is 8.61. The van der Waals surface area contributed by atoms with Gasteiger partial charge >= 0.3 is 0 Å². The zero-order valence-corrected chi connectivity index (χ0v) is 16.7. The van der Waals surface area contributed by atoms with E-state index < -0.39 is 22.0 Å². The first kappa shape index (κ1) is 20.6. The van der Waals surface area contributed by atoms with Gasteiger partial charge in [0.1, 0.15) is 6.04 Å². The SMILES string of the molecule is CCC(C(=O)Nc1cccc(C(C)=O)c1)N(c1cccc(C)c1)S(C)(=O)=O. The van der Waals surface area contributed by atoms with Crippen LogP contribution in [0.1, 0.15) is 36.2 Å². The van der Waals surface area contributed by atoms with Crippen molar-refractivity contribution in [1.29, 1.82) is 0 Å². The van der Waals surface area contributed by atoms with E-state index >= 15 is 0 Å². The summed E-state index contributed by atoms with van der Waals surface area (Å²) >= 11 is 0. The number of ketones is 1. The highest BCUT2D eigenvalue weighted by atomic mass is 32.2. The maximum Gasteiger partial charge on any atom is 0.248 e. The molecule has 0 saturated heterocycles. The average molecular weight is 388 g/mol. The van der Waals surface area contributed by atoms with Crippen LogP contribution < -0.4 is 9.62 Å². The topological polar surface area (TPSA) is 83.6 Å². The van der Waals surface area contributed by atoms with Crippen molar-refractivity contribution in [3.8, 4) is 0 Å². The van der Waals surface area contributed by atoms with E-state index in [1.807, 2.05) is 13.0 Å². The van der Waals surface area contributed by atoms with Gasteiger partial charge in [-0.1, -0.05) is 31.2 Å². The summed E-state index contributed by atoms with van der Waals surface area (Å²) in [4.78, 5) is 24.4. The predicted molar refractivity (Wildman–Crippen MR) is 108 cm³/mol. The number of carbonyl (C=O) groups is 2. The minimum atomic E-state index is -3.69. The molecular weight excluding hydrogens is 364 g/mol. The van der Waals surface area contributed by atoms with Crippen molar-refractivity contribution in [3.63, 3.8) is 0 Å². The van der Waals surface area contributed by atoms with Gasteiger partial charge in [0.25, 0.3) is 0 Å². The van der Waals surface area contributed by atoms with E-state index in [2.05, 4.69) is 5.32 Å². The molecule has 0 aliphatic heterocycles. The van der Waals surface area contributed by atoms with Gasteiger partial charge in [0.05, 0.1) is 11.9 Å². The van der Waals surface area contributed by atoms with Crippen LogP contribution in [0.15, 0.2) is 48.5 Å². The molecule has 6 nitrogen and oxygen atoms in total. The van der Waals surface area contributed by atoms with Gasteiger partial charge in [0.2, 0.25) is 15.9 Å². The Morgan fingerprint density at radius 3 is 2.33 bits per heavy atom. The molecule has 0 fully saturated rings. The molecule has 1 unspecified atom stereocenters. The van der Waals surface area contributed by atoms with Crippen molar-refractivity contribution in [2.24, 2.45) is 0 Å². The zero-order chi connectivity index (χ0) is 20.2. The Kier molecular flexibility index (Phi) is 6.38. The van der Waals surface area contributed by atoms with Gasteiger partial charge in [-0.05, 0) is 50.1 Å². The molecule has 2 aromatic carbocycles. The molecule has 0 heterocycles. The standard InChI is InChI=1S/C20H24N2O4S/c1-5-19(20(24)21-17-10-7-9-16(13-17)15(3)23)22(27(4,25)26)18-11-6-8-14(2)12-18/h6-13,19H,5H2,1-4H3,(H,21,24). The fourth-order valence-electron chi connectivity index (χ4n) is 2.87. The number of benzene rings is 2. The van der Waals surface area contributed by atoms with Gasteiger partial charge in [0.15, 0.2) is 5.78 Å². The van der Waals surface area contributed by atoms with E-state index in [-0.39, 0.29) is 5.78 Å². The molecule has 0 spiro atoms. The normalized spacial score (nSPS) is 12.3. The smallest absolute Gasteiger partial charge is 0.248 e. The first-order chi connectivity index (χ1) is 12.6. The van der Waals surface area contributed by atoms with Gasteiger partial charge in [0, 0.05) is 11.3 Å². The second-order valence-electron chi connectivity index (χ2n) is 6.45. The Morgan fingerprint density at radius 2 is 1.78 bits per heavy atom. The molecule has 2 aromatic rings. The van der Waals surface area contributed by atoms with Crippen LogP contribution >= 0.6 is 0 Å². The van der Waals surface area contributed by atoms with Crippen LogP contribution in [0, 0.1) is 6.92 Å². The van der Waals surface area contributed by atoms with Crippen LogP contribution in [0.3, 0.4) is 0 Å². The van der Waals surface area contributed by atoms with E-state index in [1.165, 1.54) is 6.92 Å². The molecule has 7 heteroatoms. The molecule has 0 aliphatic rings. The fraction of sp³-hybridized carbons (Fsp3) is 0.300. The molecule has 0 bridgehead atoms. The summed E-state index contributed by atoms with van der Waals surface area (Å²) in [5.74, 6) is -0.569. The summed E-state index contributed by atoms with van der Waals surface area (Å²) in [6.07, 6.45) is 1.38. The summed E-state index contributed by atoms with van der Waals surface area (Å²) in [7, 11) is -3.69. The molecule has 0 saturated carbocycles. The van der Waals surface area contributed by atoms with Gasteiger partial charge in [-0.3, -0.25) is 13.9 Å². The molecule has 1 amide bonds. The summed E-state index contributed by atoms with van der Waals surface area (Å²) in [5.41, 5.74) is 2.26. The molecule has 0 radical (unpaired) electrons. The molecule has 27 heavy (non-hydrogen) atoms. The maximum absolute atomic E-state index is 12.9. The van der Waals surface area contributed by atoms with Crippen molar-refractivity contribution >= 4 is 33.1 Å². The summed E-state index contributed by atoms with van der Waals surface area (Å²) in [5, 5.41) is 2.73. The Hall–Kier alpha value is -2.67. The van der Waals surface area contributed by atoms with E-state index in [0.29, 0.717) is 23.4 Å². The molecule has 1 N–H and O–H groups in total. The fourth-order valence-corrected chi connectivity index (χ4v) is 4.07. The largest absolute Gasteiger partial charge is 0.324 e. The zero-order valence-electron chi connectivity index (χ0n) is 15.9. The summed E-state index contributed by atoms with van der Waals surface area (Å²) < 4.78 is 26.0. The third-order valence-corrected chi connectivity index (χ3v) is 5.30. The van der Waals surface area contributed by atoms with Crippen molar-refractivity contribution in [1.82, 2.24) is 0 Å². The number of rotatable bonds is 7. The number of sulfonamides is 1.